The molecule has 0 fully saturated rings. The molecule has 1 N–H and O–H groups in total. The summed E-state index contributed by atoms with van der Waals surface area (Å²) in [4.78, 5) is 15.1. The highest BCUT2D eigenvalue weighted by Crippen LogP contribution is 2.32. The lowest BCUT2D eigenvalue weighted by molar-refractivity contribution is -0.136. The van der Waals surface area contributed by atoms with Crippen LogP contribution in [0, 0.1) is 13.8 Å². The smallest absolute Gasteiger partial charge is 0.309 e. The van der Waals surface area contributed by atoms with Gasteiger partial charge in [-0.2, -0.15) is 0 Å². The first-order chi connectivity index (χ1) is 10.7. The number of thiazole rings is 1. The lowest BCUT2D eigenvalue weighted by atomic mass is 9.84. The first-order valence-electron chi connectivity index (χ1n) is 7.56. The highest BCUT2D eigenvalue weighted by Gasteiger charge is 2.16. The number of carboxylic acids is 1. The summed E-state index contributed by atoms with van der Waals surface area (Å²) in [6.45, 7) is 11.0. The number of rotatable bonds is 5. The van der Waals surface area contributed by atoms with E-state index in [1.165, 1.54) is 33.6 Å². The minimum atomic E-state index is -0.837. The molecule has 0 bridgehead atoms. The molecule has 0 saturated heterocycles. The highest BCUT2D eigenvalue weighted by atomic mass is 32.2. The van der Waals surface area contributed by atoms with Gasteiger partial charge < -0.3 is 5.11 Å². The van der Waals surface area contributed by atoms with Crippen molar-refractivity contribution >= 4 is 29.1 Å². The second kappa shape index (κ2) is 7.05. The van der Waals surface area contributed by atoms with Crippen molar-refractivity contribution < 1.29 is 9.90 Å². The van der Waals surface area contributed by atoms with Crippen molar-refractivity contribution in [3.05, 3.63) is 45.5 Å². The third kappa shape index (κ3) is 4.82. The average molecular weight is 350 g/mol. The van der Waals surface area contributed by atoms with Crippen LogP contribution in [0.5, 0.6) is 0 Å². The van der Waals surface area contributed by atoms with Gasteiger partial charge in [0.25, 0.3) is 0 Å². The standard InChI is InChI=1S/C18H23NO2S2/c1-11-6-13(18(3,4)5)7-12(2)15(11)10-23-17-19-14(9-22-17)8-16(20)21/h6-7,9H,8,10H2,1-5H3,(H,20,21). The second-order valence-corrected chi connectivity index (χ2v) is 8.88. The van der Waals surface area contributed by atoms with Gasteiger partial charge in [-0.25, -0.2) is 4.98 Å². The molecule has 2 rings (SSSR count). The van der Waals surface area contributed by atoms with E-state index in [4.69, 9.17) is 5.11 Å². The molecule has 0 aliphatic heterocycles. The summed E-state index contributed by atoms with van der Waals surface area (Å²) in [7, 11) is 0. The molecule has 3 nitrogen and oxygen atoms in total. The number of aliphatic carboxylic acids is 1. The molecule has 5 heteroatoms. The highest BCUT2D eigenvalue weighted by molar-refractivity contribution is 8.00. The number of hydrogen-bond acceptors (Lipinski definition) is 4. The van der Waals surface area contributed by atoms with E-state index in [1.54, 1.807) is 11.8 Å². The molecule has 2 aromatic rings. The number of aryl methyl sites for hydroxylation is 2. The fourth-order valence-electron chi connectivity index (χ4n) is 2.38. The Bertz CT molecular complexity index is 691. The number of carbonyl (C=O) groups is 1. The third-order valence-corrected chi connectivity index (χ3v) is 5.86. The summed E-state index contributed by atoms with van der Waals surface area (Å²) in [5.41, 5.74) is 6.12. The molecule has 1 aromatic heterocycles. The predicted molar refractivity (Wildman–Crippen MR) is 97.6 cm³/mol. The van der Waals surface area contributed by atoms with E-state index < -0.39 is 5.97 Å². The van der Waals surface area contributed by atoms with Gasteiger partial charge in [0.05, 0.1) is 12.1 Å². The maximum Gasteiger partial charge on any atom is 0.309 e. The van der Waals surface area contributed by atoms with Crippen LogP contribution >= 0.6 is 23.1 Å². The molecule has 1 aromatic carbocycles. The van der Waals surface area contributed by atoms with Crippen LogP contribution in [-0.4, -0.2) is 16.1 Å². The number of carboxylic acid groups (broad SMARTS) is 1. The number of nitrogens with zero attached hydrogens (tertiary/aromatic N) is 1. The second-order valence-electron chi connectivity index (χ2n) is 6.80. The Morgan fingerprint density at radius 2 is 1.87 bits per heavy atom. The fourth-order valence-corrected chi connectivity index (χ4v) is 4.42. The van der Waals surface area contributed by atoms with Crippen molar-refractivity contribution in [1.29, 1.82) is 0 Å². The first kappa shape index (κ1) is 18.0. The molecule has 0 aliphatic rings. The van der Waals surface area contributed by atoms with Crippen LogP contribution in [0.4, 0.5) is 0 Å². The van der Waals surface area contributed by atoms with E-state index in [0.717, 1.165) is 10.1 Å². The monoisotopic (exact) mass is 349 g/mol. The molecular weight excluding hydrogens is 326 g/mol. The first-order valence-corrected chi connectivity index (χ1v) is 9.43. The summed E-state index contributed by atoms with van der Waals surface area (Å²) in [6, 6.07) is 4.56. The number of hydrogen-bond donors (Lipinski definition) is 1. The lowest BCUT2D eigenvalue weighted by Crippen LogP contribution is -2.12. The van der Waals surface area contributed by atoms with Crippen LogP contribution in [0.25, 0.3) is 0 Å². The van der Waals surface area contributed by atoms with E-state index in [0.29, 0.717) is 5.69 Å². The maximum atomic E-state index is 10.7. The molecule has 1 heterocycles. The van der Waals surface area contributed by atoms with E-state index >= 15 is 0 Å². The third-order valence-electron chi connectivity index (χ3n) is 3.77. The lowest BCUT2D eigenvalue weighted by Gasteiger charge is -2.22. The quantitative estimate of drug-likeness (QED) is 0.774. The molecule has 23 heavy (non-hydrogen) atoms. The molecule has 124 valence electrons. The minimum absolute atomic E-state index is 0.00457. The van der Waals surface area contributed by atoms with Crippen molar-refractivity contribution in [2.75, 3.05) is 0 Å². The van der Waals surface area contributed by atoms with Crippen molar-refractivity contribution in [2.45, 2.75) is 56.5 Å². The Kier molecular flexibility index (Phi) is 5.53. The van der Waals surface area contributed by atoms with Gasteiger partial charge in [-0.1, -0.05) is 44.7 Å². The Morgan fingerprint density at radius 1 is 1.26 bits per heavy atom. The van der Waals surface area contributed by atoms with Gasteiger partial charge in [-0.05, 0) is 41.5 Å². The molecule has 0 amide bonds. The molecule has 0 radical (unpaired) electrons. The Morgan fingerprint density at radius 3 is 2.39 bits per heavy atom. The zero-order valence-corrected chi connectivity index (χ0v) is 15.9. The molecule has 0 saturated carbocycles. The number of aromatic nitrogens is 1. The Labute approximate surface area is 146 Å². The van der Waals surface area contributed by atoms with Gasteiger partial charge in [-0.3, -0.25) is 4.79 Å². The van der Waals surface area contributed by atoms with Crippen LogP contribution in [0.1, 0.15) is 48.7 Å². The molecular formula is C18H23NO2S2. The average Bonchev–Trinajstić information content (AvgIpc) is 2.83. The predicted octanol–water partition coefficient (Wildman–Crippen LogP) is 4.98. The number of benzene rings is 1. The minimum Gasteiger partial charge on any atom is -0.481 e. The van der Waals surface area contributed by atoms with Crippen LogP contribution in [0.2, 0.25) is 0 Å². The zero-order chi connectivity index (χ0) is 17.2. The van der Waals surface area contributed by atoms with E-state index in [-0.39, 0.29) is 11.8 Å². The molecule has 0 atom stereocenters. The summed E-state index contributed by atoms with van der Waals surface area (Å²) in [5.74, 6) is 0.0265. The summed E-state index contributed by atoms with van der Waals surface area (Å²) < 4.78 is 0.931. The summed E-state index contributed by atoms with van der Waals surface area (Å²) >= 11 is 3.20. The number of thioether (sulfide) groups is 1. The van der Waals surface area contributed by atoms with Gasteiger partial charge in [-0.15, -0.1) is 11.3 Å². The summed E-state index contributed by atoms with van der Waals surface area (Å²) in [6.07, 6.45) is -0.00457. The summed E-state index contributed by atoms with van der Waals surface area (Å²) in [5, 5.41) is 10.6. The van der Waals surface area contributed by atoms with Crippen molar-refractivity contribution in [3.63, 3.8) is 0 Å². The van der Waals surface area contributed by atoms with Gasteiger partial charge in [0.2, 0.25) is 0 Å². The van der Waals surface area contributed by atoms with Crippen LogP contribution in [0.15, 0.2) is 21.9 Å². The van der Waals surface area contributed by atoms with Gasteiger partial charge in [0, 0.05) is 11.1 Å². The zero-order valence-electron chi connectivity index (χ0n) is 14.3. The van der Waals surface area contributed by atoms with Gasteiger partial charge in [0.15, 0.2) is 0 Å². The maximum absolute atomic E-state index is 10.7. The molecule has 0 aliphatic carbocycles. The van der Waals surface area contributed by atoms with Crippen LogP contribution in [0.3, 0.4) is 0 Å². The van der Waals surface area contributed by atoms with E-state index in [9.17, 15) is 4.79 Å². The van der Waals surface area contributed by atoms with Crippen molar-refractivity contribution in [1.82, 2.24) is 4.98 Å². The van der Waals surface area contributed by atoms with E-state index in [1.807, 2.05) is 5.38 Å². The Balaban J connectivity index is 2.12. The molecule has 0 spiro atoms. The largest absolute Gasteiger partial charge is 0.481 e. The van der Waals surface area contributed by atoms with Gasteiger partial charge in [0.1, 0.15) is 4.34 Å². The van der Waals surface area contributed by atoms with Gasteiger partial charge >= 0.3 is 5.97 Å². The topological polar surface area (TPSA) is 50.2 Å². The van der Waals surface area contributed by atoms with Crippen LogP contribution in [-0.2, 0) is 22.4 Å². The normalized spacial score (nSPS) is 11.7. The SMILES string of the molecule is Cc1cc(C(C)(C)C)cc(C)c1CSc1nc(CC(=O)O)cs1. The van der Waals surface area contributed by atoms with E-state index in [2.05, 4.69) is 51.7 Å². The van der Waals surface area contributed by atoms with Crippen molar-refractivity contribution in [2.24, 2.45) is 0 Å². The molecule has 0 unspecified atom stereocenters. The van der Waals surface area contributed by atoms with Crippen LogP contribution < -0.4 is 0 Å². The fraction of sp³-hybridized carbons (Fsp3) is 0.444. The Hall–Kier alpha value is -1.33. The van der Waals surface area contributed by atoms with Crippen molar-refractivity contribution in [3.8, 4) is 0 Å².